The summed E-state index contributed by atoms with van der Waals surface area (Å²) in [4.78, 5) is 24.0. The Morgan fingerprint density at radius 1 is 1.29 bits per heavy atom. The zero-order chi connectivity index (χ0) is 15.6. The SMILES string of the molecule is CCC(O)(CC)Cn1nc(C(N)=O)c2ccccc2c1=O. The van der Waals surface area contributed by atoms with E-state index >= 15 is 0 Å². The smallest absolute Gasteiger partial charge is 0.274 e. The molecule has 1 amide bonds. The summed E-state index contributed by atoms with van der Waals surface area (Å²) in [5, 5.41) is 15.2. The number of nitrogens with zero attached hydrogens (tertiary/aromatic N) is 2. The summed E-state index contributed by atoms with van der Waals surface area (Å²) < 4.78 is 1.13. The van der Waals surface area contributed by atoms with Crippen molar-refractivity contribution >= 4 is 16.7 Å². The van der Waals surface area contributed by atoms with E-state index in [9.17, 15) is 14.7 Å². The Hall–Kier alpha value is -2.21. The number of amides is 1. The standard InChI is InChI=1S/C15H19N3O3/c1-3-15(21,4-2)9-18-14(20)11-8-6-5-7-10(11)12(17-18)13(16)19/h5-8,21H,3-4,9H2,1-2H3,(H2,16,19). The second-order valence-corrected chi connectivity index (χ2v) is 5.15. The quantitative estimate of drug-likeness (QED) is 0.859. The normalized spacial score (nSPS) is 11.8. The number of hydrogen-bond donors (Lipinski definition) is 2. The van der Waals surface area contributed by atoms with Gasteiger partial charge in [-0.25, -0.2) is 4.68 Å². The highest BCUT2D eigenvalue weighted by atomic mass is 16.3. The van der Waals surface area contributed by atoms with Gasteiger partial charge in [0.15, 0.2) is 5.69 Å². The summed E-state index contributed by atoms with van der Waals surface area (Å²) in [6.07, 6.45) is 0.965. The first-order chi connectivity index (χ1) is 9.91. The van der Waals surface area contributed by atoms with Crippen LogP contribution in [0.3, 0.4) is 0 Å². The van der Waals surface area contributed by atoms with Gasteiger partial charge in [-0.3, -0.25) is 9.59 Å². The Bertz CT molecular complexity index is 733. The molecule has 2 rings (SSSR count). The Morgan fingerprint density at radius 3 is 2.38 bits per heavy atom. The van der Waals surface area contributed by atoms with Crippen molar-refractivity contribution in [3.05, 3.63) is 40.3 Å². The monoisotopic (exact) mass is 289 g/mol. The molecule has 0 radical (unpaired) electrons. The lowest BCUT2D eigenvalue weighted by atomic mass is 9.97. The Balaban J connectivity index is 2.68. The first-order valence-corrected chi connectivity index (χ1v) is 6.94. The molecule has 0 saturated heterocycles. The highest BCUT2D eigenvalue weighted by Gasteiger charge is 2.25. The molecule has 6 nitrogen and oxygen atoms in total. The van der Waals surface area contributed by atoms with Crippen molar-refractivity contribution in [2.24, 2.45) is 5.73 Å². The van der Waals surface area contributed by atoms with Crippen LogP contribution in [0, 0.1) is 0 Å². The number of aliphatic hydroxyl groups is 1. The summed E-state index contributed by atoms with van der Waals surface area (Å²) in [5.41, 5.74) is 4.02. The van der Waals surface area contributed by atoms with Crippen molar-refractivity contribution in [3.8, 4) is 0 Å². The van der Waals surface area contributed by atoms with Gasteiger partial charge in [-0.1, -0.05) is 32.0 Å². The average molecular weight is 289 g/mol. The molecule has 6 heteroatoms. The van der Waals surface area contributed by atoms with E-state index in [-0.39, 0.29) is 17.8 Å². The minimum atomic E-state index is -1.03. The first-order valence-electron chi connectivity index (χ1n) is 6.94. The predicted molar refractivity (Wildman–Crippen MR) is 80.1 cm³/mol. The Morgan fingerprint density at radius 2 is 1.86 bits per heavy atom. The van der Waals surface area contributed by atoms with Crippen molar-refractivity contribution in [3.63, 3.8) is 0 Å². The lowest BCUT2D eigenvalue weighted by Crippen LogP contribution is -2.39. The van der Waals surface area contributed by atoms with Crippen LogP contribution in [0.5, 0.6) is 0 Å². The highest BCUT2D eigenvalue weighted by molar-refractivity contribution is 6.03. The maximum Gasteiger partial charge on any atom is 0.274 e. The molecule has 0 atom stereocenters. The summed E-state index contributed by atoms with van der Waals surface area (Å²) in [6.45, 7) is 3.71. The minimum absolute atomic E-state index is 0.0317. The van der Waals surface area contributed by atoms with Crippen LogP contribution in [0.15, 0.2) is 29.1 Å². The fraction of sp³-hybridized carbons (Fsp3) is 0.400. The van der Waals surface area contributed by atoms with Crippen molar-refractivity contribution in [2.45, 2.75) is 38.8 Å². The van der Waals surface area contributed by atoms with E-state index in [1.807, 2.05) is 13.8 Å². The van der Waals surface area contributed by atoms with Crippen molar-refractivity contribution in [1.82, 2.24) is 9.78 Å². The molecule has 0 aliphatic carbocycles. The Kier molecular flexibility index (Phi) is 4.09. The van der Waals surface area contributed by atoms with Gasteiger partial charge in [0.05, 0.1) is 17.5 Å². The van der Waals surface area contributed by atoms with Crippen LogP contribution in [0.4, 0.5) is 0 Å². The average Bonchev–Trinajstić information content (AvgIpc) is 2.49. The highest BCUT2D eigenvalue weighted by Crippen LogP contribution is 2.18. The van der Waals surface area contributed by atoms with E-state index in [1.165, 1.54) is 0 Å². The van der Waals surface area contributed by atoms with Crippen LogP contribution in [-0.2, 0) is 6.54 Å². The molecule has 3 N–H and O–H groups in total. The summed E-state index contributed by atoms with van der Waals surface area (Å²) in [5.74, 6) is -0.698. The Labute approximate surface area is 122 Å². The van der Waals surface area contributed by atoms with Crippen molar-refractivity contribution in [1.29, 1.82) is 0 Å². The number of carbonyl (C=O) groups excluding carboxylic acids is 1. The summed E-state index contributed by atoms with van der Waals surface area (Å²) in [6, 6.07) is 6.69. The lowest BCUT2D eigenvalue weighted by molar-refractivity contribution is 0.0105. The zero-order valence-electron chi connectivity index (χ0n) is 12.2. The first kappa shape index (κ1) is 15.2. The topological polar surface area (TPSA) is 98.2 Å². The van der Waals surface area contributed by atoms with Crippen molar-refractivity contribution in [2.75, 3.05) is 0 Å². The zero-order valence-corrected chi connectivity index (χ0v) is 12.2. The fourth-order valence-corrected chi connectivity index (χ4v) is 2.28. The molecule has 1 aromatic heterocycles. The molecular formula is C15H19N3O3. The number of nitrogens with two attached hydrogens (primary N) is 1. The molecule has 0 fully saturated rings. The molecule has 0 bridgehead atoms. The minimum Gasteiger partial charge on any atom is -0.388 e. The van der Waals surface area contributed by atoms with E-state index in [0.717, 1.165) is 4.68 Å². The second-order valence-electron chi connectivity index (χ2n) is 5.15. The van der Waals surface area contributed by atoms with Gasteiger partial charge in [-0.2, -0.15) is 5.10 Å². The van der Waals surface area contributed by atoms with Gasteiger partial charge in [-0.15, -0.1) is 0 Å². The van der Waals surface area contributed by atoms with E-state index in [0.29, 0.717) is 23.6 Å². The molecule has 1 heterocycles. The number of primary amides is 1. The number of aromatic nitrogens is 2. The van der Waals surface area contributed by atoms with Gasteiger partial charge < -0.3 is 10.8 Å². The molecule has 0 saturated carbocycles. The predicted octanol–water partition coefficient (Wildman–Crippen LogP) is 1.05. The van der Waals surface area contributed by atoms with Gasteiger partial charge in [-0.05, 0) is 18.9 Å². The van der Waals surface area contributed by atoms with Crippen LogP contribution in [-0.4, -0.2) is 26.4 Å². The van der Waals surface area contributed by atoms with Crippen molar-refractivity contribution < 1.29 is 9.90 Å². The molecule has 0 aliphatic heterocycles. The maximum absolute atomic E-state index is 12.5. The summed E-state index contributed by atoms with van der Waals surface area (Å²) >= 11 is 0. The third-order valence-electron chi connectivity index (χ3n) is 3.86. The number of benzene rings is 1. The van der Waals surface area contributed by atoms with Crippen LogP contribution < -0.4 is 11.3 Å². The van der Waals surface area contributed by atoms with Gasteiger partial charge in [0.2, 0.25) is 0 Å². The van der Waals surface area contributed by atoms with E-state index in [2.05, 4.69) is 5.10 Å². The number of fused-ring (bicyclic) bond motifs is 1. The second kappa shape index (κ2) is 5.65. The maximum atomic E-state index is 12.5. The van der Waals surface area contributed by atoms with Gasteiger partial charge in [0.25, 0.3) is 11.5 Å². The van der Waals surface area contributed by atoms with Crippen LogP contribution in [0.25, 0.3) is 10.8 Å². The molecule has 112 valence electrons. The van der Waals surface area contributed by atoms with E-state index < -0.39 is 11.5 Å². The van der Waals surface area contributed by atoms with E-state index in [1.54, 1.807) is 24.3 Å². The molecule has 0 unspecified atom stereocenters. The number of rotatable bonds is 5. The van der Waals surface area contributed by atoms with E-state index in [4.69, 9.17) is 5.73 Å². The summed E-state index contributed by atoms with van der Waals surface area (Å²) in [7, 11) is 0. The molecule has 0 aliphatic rings. The van der Waals surface area contributed by atoms with Crippen LogP contribution in [0.2, 0.25) is 0 Å². The van der Waals surface area contributed by atoms with Gasteiger partial charge in [0, 0.05) is 5.39 Å². The van der Waals surface area contributed by atoms with Gasteiger partial charge >= 0.3 is 0 Å². The third-order valence-corrected chi connectivity index (χ3v) is 3.86. The van der Waals surface area contributed by atoms with Crippen LogP contribution in [0.1, 0.15) is 37.2 Å². The lowest BCUT2D eigenvalue weighted by Gasteiger charge is -2.25. The molecule has 2 aromatic rings. The number of hydrogen-bond acceptors (Lipinski definition) is 4. The van der Waals surface area contributed by atoms with Gasteiger partial charge in [0.1, 0.15) is 0 Å². The molecule has 0 spiro atoms. The molecule has 21 heavy (non-hydrogen) atoms. The largest absolute Gasteiger partial charge is 0.388 e. The van der Waals surface area contributed by atoms with Crippen LogP contribution >= 0.6 is 0 Å². The number of carbonyl (C=O) groups is 1. The fourth-order valence-electron chi connectivity index (χ4n) is 2.28. The molecule has 1 aromatic carbocycles. The molecular weight excluding hydrogens is 270 g/mol. The third kappa shape index (κ3) is 2.80.